The third-order valence-electron chi connectivity index (χ3n) is 4.13. The molecule has 0 fully saturated rings. The van der Waals surface area contributed by atoms with Crippen LogP contribution in [0.25, 0.3) is 0 Å². The summed E-state index contributed by atoms with van der Waals surface area (Å²) in [5.41, 5.74) is 4.57. The van der Waals surface area contributed by atoms with Crippen LogP contribution in [0.1, 0.15) is 47.3 Å². The summed E-state index contributed by atoms with van der Waals surface area (Å²) >= 11 is 0. The van der Waals surface area contributed by atoms with Gasteiger partial charge in [0.15, 0.2) is 0 Å². The average molecular weight is 341 g/mol. The molecule has 2 aromatic carbocycles. The molecule has 0 saturated heterocycles. The number of nitrogens with one attached hydrogen (secondary N) is 1. The Hall–Kier alpha value is -2.33. The number of benzene rings is 2. The Morgan fingerprint density at radius 1 is 1.12 bits per heavy atom. The average Bonchev–Trinajstić information content (AvgIpc) is 2.63. The first-order chi connectivity index (χ1) is 12.1. The molecule has 0 atom stereocenters. The van der Waals surface area contributed by atoms with Crippen LogP contribution < -0.4 is 10.1 Å². The maximum Gasteiger partial charge on any atom is 0.255 e. The van der Waals surface area contributed by atoms with Gasteiger partial charge in [-0.05, 0) is 49.1 Å². The van der Waals surface area contributed by atoms with Crippen LogP contribution in [0.5, 0.6) is 5.75 Å². The number of hydrogen-bond donors (Lipinski definition) is 1. The number of rotatable bonds is 8. The normalized spacial score (nSPS) is 10.6. The highest BCUT2D eigenvalue weighted by atomic mass is 16.5. The van der Waals surface area contributed by atoms with E-state index < -0.39 is 0 Å². The molecule has 134 valence electrons. The van der Waals surface area contributed by atoms with Crippen molar-refractivity contribution in [2.45, 2.75) is 40.2 Å². The van der Waals surface area contributed by atoms with Crippen molar-refractivity contribution in [3.05, 3.63) is 58.7 Å². The van der Waals surface area contributed by atoms with Crippen LogP contribution in [0.15, 0.2) is 36.4 Å². The molecule has 2 rings (SSSR count). The number of carbonyl (C=O) groups excluding carboxylic acids is 1. The van der Waals surface area contributed by atoms with Crippen LogP contribution in [0, 0.1) is 6.92 Å². The van der Waals surface area contributed by atoms with E-state index in [1.807, 2.05) is 37.3 Å². The van der Waals surface area contributed by atoms with Crippen LogP contribution in [0.3, 0.4) is 0 Å². The Kier molecular flexibility index (Phi) is 7.02. The number of ether oxygens (including phenoxy) is 2. The van der Waals surface area contributed by atoms with Crippen LogP contribution in [0.2, 0.25) is 0 Å². The number of amides is 1. The third kappa shape index (κ3) is 4.83. The van der Waals surface area contributed by atoms with Gasteiger partial charge in [-0.1, -0.05) is 32.0 Å². The largest absolute Gasteiger partial charge is 0.496 e. The molecule has 1 amide bonds. The van der Waals surface area contributed by atoms with Crippen molar-refractivity contribution >= 4 is 11.6 Å². The second kappa shape index (κ2) is 9.23. The van der Waals surface area contributed by atoms with Crippen LogP contribution in [0.4, 0.5) is 5.69 Å². The number of methoxy groups -OCH3 is 1. The van der Waals surface area contributed by atoms with E-state index in [1.54, 1.807) is 13.2 Å². The number of anilines is 1. The van der Waals surface area contributed by atoms with Crippen molar-refractivity contribution in [2.75, 3.05) is 19.0 Å². The molecule has 1 N–H and O–H groups in total. The molecule has 0 spiro atoms. The number of carbonyl (C=O) groups is 1. The van der Waals surface area contributed by atoms with E-state index >= 15 is 0 Å². The Morgan fingerprint density at radius 2 is 1.92 bits per heavy atom. The summed E-state index contributed by atoms with van der Waals surface area (Å²) in [5.74, 6) is 0.612. The van der Waals surface area contributed by atoms with Crippen molar-refractivity contribution in [1.29, 1.82) is 0 Å². The second-order valence-electron chi connectivity index (χ2n) is 6.00. The fraction of sp³-hybridized carbons (Fsp3) is 0.381. The lowest BCUT2D eigenvalue weighted by Crippen LogP contribution is -2.15. The van der Waals surface area contributed by atoms with Crippen molar-refractivity contribution < 1.29 is 14.3 Å². The molecule has 4 nitrogen and oxygen atoms in total. The van der Waals surface area contributed by atoms with Gasteiger partial charge < -0.3 is 14.8 Å². The highest BCUT2D eigenvalue weighted by Crippen LogP contribution is 2.24. The number of aryl methyl sites for hydroxylation is 2. The minimum absolute atomic E-state index is 0.122. The predicted octanol–water partition coefficient (Wildman–Crippen LogP) is 4.74. The Balaban J connectivity index is 2.23. The first kappa shape index (κ1) is 19.0. The molecule has 0 aliphatic rings. The zero-order chi connectivity index (χ0) is 18.2. The molecule has 0 unspecified atom stereocenters. The molecule has 0 heterocycles. The first-order valence-electron chi connectivity index (χ1n) is 8.75. The van der Waals surface area contributed by atoms with Crippen molar-refractivity contribution in [2.24, 2.45) is 0 Å². The van der Waals surface area contributed by atoms with E-state index in [-0.39, 0.29) is 5.91 Å². The van der Waals surface area contributed by atoms with Crippen molar-refractivity contribution in [3.8, 4) is 5.75 Å². The monoisotopic (exact) mass is 341 g/mol. The molecular formula is C21H27NO3. The summed E-state index contributed by atoms with van der Waals surface area (Å²) in [6, 6.07) is 11.5. The maximum atomic E-state index is 12.7. The molecule has 0 aromatic heterocycles. The third-order valence-corrected chi connectivity index (χ3v) is 4.13. The lowest BCUT2D eigenvalue weighted by atomic mass is 10.0. The van der Waals surface area contributed by atoms with Gasteiger partial charge in [0.1, 0.15) is 5.75 Å². The second-order valence-corrected chi connectivity index (χ2v) is 6.00. The lowest BCUT2D eigenvalue weighted by molar-refractivity contribution is 0.102. The Morgan fingerprint density at radius 3 is 2.60 bits per heavy atom. The van der Waals surface area contributed by atoms with Crippen LogP contribution in [-0.2, 0) is 17.8 Å². The summed E-state index contributed by atoms with van der Waals surface area (Å²) in [5, 5.41) is 3.06. The standard InChI is InChI=1S/C21H27NO3/c1-5-12-25-14-18-13-17(10-11-19(18)24-4)21(23)22-20-15(3)8-7-9-16(20)6-2/h7-11,13H,5-6,12,14H2,1-4H3,(H,22,23). The zero-order valence-electron chi connectivity index (χ0n) is 15.5. The van der Waals surface area contributed by atoms with Crippen molar-refractivity contribution in [1.82, 2.24) is 0 Å². The highest BCUT2D eigenvalue weighted by molar-refractivity contribution is 6.05. The molecule has 2 aromatic rings. The van der Waals surface area contributed by atoms with E-state index in [1.165, 1.54) is 0 Å². The highest BCUT2D eigenvalue weighted by Gasteiger charge is 2.13. The van der Waals surface area contributed by atoms with E-state index in [2.05, 4.69) is 19.2 Å². The summed E-state index contributed by atoms with van der Waals surface area (Å²) < 4.78 is 11.0. The van der Waals surface area contributed by atoms with Gasteiger partial charge in [-0.2, -0.15) is 0 Å². The van der Waals surface area contributed by atoms with E-state index in [4.69, 9.17) is 9.47 Å². The van der Waals surface area contributed by atoms with Gasteiger partial charge in [-0.15, -0.1) is 0 Å². The molecule has 0 aliphatic heterocycles. The molecule has 4 heteroatoms. The van der Waals surface area contributed by atoms with E-state index in [0.29, 0.717) is 18.8 Å². The molecule has 0 bridgehead atoms. The fourth-order valence-electron chi connectivity index (χ4n) is 2.75. The van der Waals surface area contributed by atoms with Gasteiger partial charge in [-0.25, -0.2) is 0 Å². The minimum Gasteiger partial charge on any atom is -0.496 e. The molecule has 0 saturated carbocycles. The summed E-state index contributed by atoms with van der Waals surface area (Å²) in [7, 11) is 1.62. The van der Waals surface area contributed by atoms with Gasteiger partial charge in [-0.3, -0.25) is 4.79 Å². The topological polar surface area (TPSA) is 47.6 Å². The maximum absolute atomic E-state index is 12.7. The van der Waals surface area contributed by atoms with E-state index in [9.17, 15) is 4.79 Å². The molecule has 0 aliphatic carbocycles. The molecule has 25 heavy (non-hydrogen) atoms. The van der Waals surface area contributed by atoms with Gasteiger partial charge >= 0.3 is 0 Å². The predicted molar refractivity (Wildman–Crippen MR) is 101 cm³/mol. The Labute approximate surface area is 150 Å². The molecule has 0 radical (unpaired) electrons. The summed E-state index contributed by atoms with van der Waals surface area (Å²) in [6.07, 6.45) is 1.82. The van der Waals surface area contributed by atoms with Crippen LogP contribution in [-0.4, -0.2) is 19.6 Å². The van der Waals surface area contributed by atoms with Gasteiger partial charge in [0.05, 0.1) is 13.7 Å². The zero-order valence-corrected chi connectivity index (χ0v) is 15.5. The van der Waals surface area contributed by atoms with Gasteiger partial charge in [0.25, 0.3) is 5.91 Å². The quantitative estimate of drug-likeness (QED) is 0.705. The van der Waals surface area contributed by atoms with Gasteiger partial charge in [0, 0.05) is 23.4 Å². The molecular weight excluding hydrogens is 314 g/mol. The fourth-order valence-corrected chi connectivity index (χ4v) is 2.75. The van der Waals surface area contributed by atoms with Crippen molar-refractivity contribution in [3.63, 3.8) is 0 Å². The number of para-hydroxylation sites is 1. The van der Waals surface area contributed by atoms with Crippen LogP contribution >= 0.6 is 0 Å². The number of hydrogen-bond acceptors (Lipinski definition) is 3. The minimum atomic E-state index is -0.122. The summed E-state index contributed by atoms with van der Waals surface area (Å²) in [4.78, 5) is 12.7. The first-order valence-corrected chi connectivity index (χ1v) is 8.75. The smallest absolute Gasteiger partial charge is 0.255 e. The SMILES string of the molecule is CCCOCc1cc(C(=O)Nc2c(C)cccc2CC)ccc1OC. The van der Waals surface area contributed by atoms with Gasteiger partial charge in [0.2, 0.25) is 0 Å². The lowest BCUT2D eigenvalue weighted by Gasteiger charge is -2.14. The Bertz CT molecular complexity index is 725. The van der Waals surface area contributed by atoms with E-state index in [0.717, 1.165) is 41.0 Å². The summed E-state index contributed by atoms with van der Waals surface area (Å²) in [6.45, 7) is 7.27.